The van der Waals surface area contributed by atoms with Crippen LogP contribution in [0.1, 0.15) is 45.4 Å². The van der Waals surface area contributed by atoms with Crippen molar-refractivity contribution in [3.8, 4) is 11.4 Å². The van der Waals surface area contributed by atoms with Crippen LogP contribution in [0, 0.1) is 11.7 Å². The van der Waals surface area contributed by atoms with Gasteiger partial charge in [0.1, 0.15) is 5.82 Å². The van der Waals surface area contributed by atoms with Crippen molar-refractivity contribution < 1.29 is 18.7 Å². The van der Waals surface area contributed by atoms with Gasteiger partial charge >= 0.3 is 6.03 Å². The zero-order chi connectivity index (χ0) is 23.2. The highest BCUT2D eigenvalue weighted by atomic mass is 32.2. The summed E-state index contributed by atoms with van der Waals surface area (Å²) in [6, 6.07) is 5.73. The van der Waals surface area contributed by atoms with E-state index < -0.39 is 11.9 Å². The maximum atomic E-state index is 13.4. The number of benzene rings is 1. The van der Waals surface area contributed by atoms with Gasteiger partial charge in [0, 0.05) is 18.2 Å². The van der Waals surface area contributed by atoms with Gasteiger partial charge < -0.3 is 10.1 Å². The molecule has 3 amide bonds. The molecule has 1 aliphatic carbocycles. The number of amides is 3. The lowest BCUT2D eigenvalue weighted by Crippen LogP contribution is -2.48. The lowest BCUT2D eigenvalue weighted by molar-refractivity contribution is -0.117. The Morgan fingerprint density at radius 3 is 2.67 bits per heavy atom. The topological polar surface area (TPSA) is 98.1 Å². The van der Waals surface area contributed by atoms with E-state index in [1.54, 1.807) is 12.1 Å². The summed E-state index contributed by atoms with van der Waals surface area (Å²) in [5, 5.41) is 14.4. The number of hydrogen-bond donors (Lipinski definition) is 2. The monoisotopic (exact) mass is 475 g/mol. The van der Waals surface area contributed by atoms with Gasteiger partial charge in [-0.15, -0.1) is 10.2 Å². The van der Waals surface area contributed by atoms with Crippen molar-refractivity contribution in [2.75, 3.05) is 12.4 Å². The van der Waals surface area contributed by atoms with Crippen LogP contribution < -0.4 is 10.6 Å². The van der Waals surface area contributed by atoms with Crippen LogP contribution in [0.4, 0.5) is 9.18 Å². The number of carbonyl (C=O) groups is 2. The van der Waals surface area contributed by atoms with E-state index in [1.807, 2.05) is 4.57 Å². The van der Waals surface area contributed by atoms with Gasteiger partial charge in [-0.1, -0.05) is 31.5 Å². The van der Waals surface area contributed by atoms with Gasteiger partial charge in [-0.2, -0.15) is 0 Å². The van der Waals surface area contributed by atoms with Crippen LogP contribution in [0.3, 0.4) is 0 Å². The molecule has 1 saturated heterocycles. The summed E-state index contributed by atoms with van der Waals surface area (Å²) in [6.07, 6.45) is 6.28. The van der Waals surface area contributed by atoms with Crippen molar-refractivity contribution >= 4 is 23.7 Å². The number of urea groups is 1. The quantitative estimate of drug-likeness (QED) is 0.592. The summed E-state index contributed by atoms with van der Waals surface area (Å²) >= 11 is 1.21. The first-order chi connectivity index (χ1) is 16.0. The highest BCUT2D eigenvalue weighted by Gasteiger charge is 2.25. The van der Waals surface area contributed by atoms with E-state index in [-0.39, 0.29) is 23.7 Å². The standard InChI is InChI=1S/C23H30FN5O3S/c1-15-5-2-3-7-19(15)25-22(31)26-20(30)14-33-23-28-27-21(16-8-10-17(24)11-9-16)29(23)13-18-6-4-12-32-18/h8-11,15,18-19H,2-7,12-14H2,1H3,(H2,25,26,30,31)/t15-,18+,19-/m1/s1. The van der Waals surface area contributed by atoms with E-state index in [2.05, 4.69) is 27.8 Å². The third kappa shape index (κ3) is 6.32. The predicted octanol–water partition coefficient (Wildman–Crippen LogP) is 3.76. The fraction of sp³-hybridized carbons (Fsp3) is 0.565. The fourth-order valence-electron chi connectivity index (χ4n) is 4.39. The lowest BCUT2D eigenvalue weighted by Gasteiger charge is -2.29. The molecule has 10 heteroatoms. The number of carbonyl (C=O) groups excluding carboxylic acids is 2. The summed E-state index contributed by atoms with van der Waals surface area (Å²) in [5.41, 5.74) is 0.735. The smallest absolute Gasteiger partial charge is 0.321 e. The molecule has 0 radical (unpaired) electrons. The average molecular weight is 476 g/mol. The van der Waals surface area contributed by atoms with Crippen molar-refractivity contribution in [3.63, 3.8) is 0 Å². The number of thioether (sulfide) groups is 1. The van der Waals surface area contributed by atoms with E-state index in [1.165, 1.54) is 30.3 Å². The van der Waals surface area contributed by atoms with Crippen molar-refractivity contribution in [3.05, 3.63) is 30.1 Å². The molecule has 8 nitrogen and oxygen atoms in total. The third-order valence-electron chi connectivity index (χ3n) is 6.24. The molecule has 2 N–H and O–H groups in total. The molecular formula is C23H30FN5O3S. The lowest BCUT2D eigenvalue weighted by atomic mass is 9.86. The Kier molecular flexibility index (Phi) is 7.97. The number of nitrogens with zero attached hydrogens (tertiary/aromatic N) is 3. The third-order valence-corrected chi connectivity index (χ3v) is 7.21. The molecule has 2 aromatic rings. The van der Waals surface area contributed by atoms with E-state index >= 15 is 0 Å². The van der Waals surface area contributed by atoms with E-state index in [0.717, 1.165) is 44.3 Å². The molecule has 2 aliphatic rings. The van der Waals surface area contributed by atoms with Gasteiger partial charge in [-0.25, -0.2) is 9.18 Å². The molecule has 3 atom stereocenters. The highest BCUT2D eigenvalue weighted by molar-refractivity contribution is 7.99. The number of aromatic nitrogens is 3. The Labute approximate surface area is 197 Å². The largest absolute Gasteiger partial charge is 0.376 e. The first-order valence-corrected chi connectivity index (χ1v) is 12.5. The summed E-state index contributed by atoms with van der Waals surface area (Å²) in [6.45, 7) is 3.39. The molecule has 178 valence electrons. The Hall–Kier alpha value is -2.46. The van der Waals surface area contributed by atoms with Gasteiger partial charge in [0.05, 0.1) is 18.4 Å². The SMILES string of the molecule is C[C@@H]1CCCC[C@H]1NC(=O)NC(=O)CSc1nnc(-c2ccc(F)cc2)n1C[C@@H]1CCCO1. The van der Waals surface area contributed by atoms with Crippen LogP contribution in [0.2, 0.25) is 0 Å². The number of halogens is 1. The van der Waals surface area contributed by atoms with Crippen LogP contribution in [-0.4, -0.2) is 51.2 Å². The van der Waals surface area contributed by atoms with E-state index in [0.29, 0.717) is 23.4 Å². The van der Waals surface area contributed by atoms with Crippen LogP contribution in [-0.2, 0) is 16.1 Å². The summed E-state index contributed by atoms with van der Waals surface area (Å²) in [7, 11) is 0. The van der Waals surface area contributed by atoms with E-state index in [4.69, 9.17) is 4.74 Å². The molecule has 2 heterocycles. The summed E-state index contributed by atoms with van der Waals surface area (Å²) in [4.78, 5) is 24.7. The second-order valence-electron chi connectivity index (χ2n) is 8.74. The number of hydrogen-bond acceptors (Lipinski definition) is 6. The van der Waals surface area contributed by atoms with Crippen LogP contribution >= 0.6 is 11.8 Å². The molecular weight excluding hydrogens is 445 g/mol. The summed E-state index contributed by atoms with van der Waals surface area (Å²) in [5.74, 6) is 0.320. The van der Waals surface area contributed by atoms with Gasteiger partial charge in [-0.05, 0) is 55.9 Å². The maximum Gasteiger partial charge on any atom is 0.321 e. The maximum absolute atomic E-state index is 13.4. The number of ether oxygens (including phenoxy) is 1. The Morgan fingerprint density at radius 2 is 1.94 bits per heavy atom. The number of nitrogens with one attached hydrogen (secondary N) is 2. The minimum atomic E-state index is -0.452. The molecule has 0 unspecified atom stereocenters. The second kappa shape index (κ2) is 11.1. The Balaban J connectivity index is 1.38. The van der Waals surface area contributed by atoms with Gasteiger partial charge in [-0.3, -0.25) is 14.7 Å². The molecule has 33 heavy (non-hydrogen) atoms. The minimum absolute atomic E-state index is 0.0285. The summed E-state index contributed by atoms with van der Waals surface area (Å²) < 4.78 is 21.1. The van der Waals surface area contributed by atoms with Crippen molar-refractivity contribution in [2.45, 2.75) is 69.3 Å². The first-order valence-electron chi connectivity index (χ1n) is 11.5. The van der Waals surface area contributed by atoms with Gasteiger partial charge in [0.15, 0.2) is 11.0 Å². The molecule has 1 aromatic heterocycles. The molecule has 1 saturated carbocycles. The fourth-order valence-corrected chi connectivity index (χ4v) is 5.14. The van der Waals surface area contributed by atoms with Gasteiger partial charge in [0.25, 0.3) is 0 Å². The zero-order valence-electron chi connectivity index (χ0n) is 18.8. The van der Waals surface area contributed by atoms with Crippen molar-refractivity contribution in [1.82, 2.24) is 25.4 Å². The van der Waals surface area contributed by atoms with Crippen molar-refractivity contribution in [2.24, 2.45) is 5.92 Å². The Morgan fingerprint density at radius 1 is 1.15 bits per heavy atom. The molecule has 4 rings (SSSR count). The molecule has 1 aliphatic heterocycles. The average Bonchev–Trinajstić information content (AvgIpc) is 3.45. The first kappa shape index (κ1) is 23.7. The predicted molar refractivity (Wildman–Crippen MR) is 123 cm³/mol. The normalized spacial score (nSPS) is 22.8. The minimum Gasteiger partial charge on any atom is -0.376 e. The van der Waals surface area contributed by atoms with Crippen LogP contribution in [0.5, 0.6) is 0 Å². The molecule has 1 aromatic carbocycles. The number of imide groups is 1. The molecule has 2 fully saturated rings. The van der Waals surface area contributed by atoms with Crippen LogP contribution in [0.15, 0.2) is 29.4 Å². The van der Waals surface area contributed by atoms with Crippen LogP contribution in [0.25, 0.3) is 11.4 Å². The Bertz CT molecular complexity index is 962. The molecule has 0 spiro atoms. The van der Waals surface area contributed by atoms with Gasteiger partial charge in [0.2, 0.25) is 5.91 Å². The number of rotatable bonds is 7. The molecule has 0 bridgehead atoms. The van der Waals surface area contributed by atoms with E-state index in [9.17, 15) is 14.0 Å². The highest BCUT2D eigenvalue weighted by Crippen LogP contribution is 2.27. The second-order valence-corrected chi connectivity index (χ2v) is 9.68. The zero-order valence-corrected chi connectivity index (χ0v) is 19.6. The van der Waals surface area contributed by atoms with Crippen molar-refractivity contribution in [1.29, 1.82) is 0 Å².